The molecular formula is C7H9NO. The molecule has 48 valence electrons. The molecule has 1 saturated heterocycles. The van der Waals surface area contributed by atoms with Gasteiger partial charge >= 0.3 is 0 Å². The summed E-state index contributed by atoms with van der Waals surface area (Å²) in [5, 5.41) is 0. The minimum Gasteiger partial charge on any atom is -0.377 e. The van der Waals surface area contributed by atoms with E-state index in [1.165, 1.54) is 0 Å². The second kappa shape index (κ2) is 1.88. The lowest BCUT2D eigenvalue weighted by Crippen LogP contribution is -2.29. The monoisotopic (exact) mass is 123 g/mol. The maximum atomic E-state index is 5.04. The second-order valence-corrected chi connectivity index (χ2v) is 2.32. The van der Waals surface area contributed by atoms with Crippen molar-refractivity contribution in [1.82, 2.24) is 4.57 Å². The molecule has 1 aromatic rings. The van der Waals surface area contributed by atoms with Gasteiger partial charge in [-0.25, -0.2) is 0 Å². The molecule has 2 heterocycles. The van der Waals surface area contributed by atoms with Crippen molar-refractivity contribution in [1.29, 1.82) is 0 Å². The van der Waals surface area contributed by atoms with Gasteiger partial charge in [0, 0.05) is 12.4 Å². The molecule has 0 radical (unpaired) electrons. The van der Waals surface area contributed by atoms with Crippen LogP contribution in [-0.4, -0.2) is 17.8 Å². The number of hydrogen-bond acceptors (Lipinski definition) is 1. The molecule has 2 heteroatoms. The van der Waals surface area contributed by atoms with Gasteiger partial charge in [-0.3, -0.25) is 0 Å². The lowest BCUT2D eigenvalue weighted by Gasteiger charge is -2.27. The first-order valence-electron chi connectivity index (χ1n) is 3.17. The molecule has 9 heavy (non-hydrogen) atoms. The van der Waals surface area contributed by atoms with Gasteiger partial charge in [-0.1, -0.05) is 0 Å². The van der Waals surface area contributed by atoms with E-state index >= 15 is 0 Å². The standard InChI is InChI=1S/C7H9NO/c1-2-4-8(3-1)7-5-9-6-7/h1-4,7H,5-6H2. The van der Waals surface area contributed by atoms with Crippen LogP contribution in [0.3, 0.4) is 0 Å². The van der Waals surface area contributed by atoms with Crippen molar-refractivity contribution in [2.45, 2.75) is 6.04 Å². The van der Waals surface area contributed by atoms with E-state index in [0.717, 1.165) is 13.2 Å². The quantitative estimate of drug-likeness (QED) is 0.544. The number of rotatable bonds is 1. The van der Waals surface area contributed by atoms with Gasteiger partial charge < -0.3 is 9.30 Å². The van der Waals surface area contributed by atoms with E-state index in [0.29, 0.717) is 6.04 Å². The molecule has 1 aromatic heterocycles. The molecule has 0 unspecified atom stereocenters. The van der Waals surface area contributed by atoms with Gasteiger partial charge in [-0.05, 0) is 12.1 Å². The maximum absolute atomic E-state index is 5.04. The van der Waals surface area contributed by atoms with Gasteiger partial charge in [0.15, 0.2) is 0 Å². The Hall–Kier alpha value is -0.760. The Morgan fingerprint density at radius 2 is 1.89 bits per heavy atom. The lowest BCUT2D eigenvalue weighted by molar-refractivity contribution is -0.0231. The molecule has 0 spiro atoms. The molecule has 1 fully saturated rings. The van der Waals surface area contributed by atoms with Crippen LogP contribution in [0.2, 0.25) is 0 Å². The van der Waals surface area contributed by atoms with E-state index in [2.05, 4.69) is 17.0 Å². The average Bonchev–Trinajstić information content (AvgIpc) is 2.11. The Balaban J connectivity index is 2.14. The highest BCUT2D eigenvalue weighted by Crippen LogP contribution is 2.15. The van der Waals surface area contributed by atoms with E-state index < -0.39 is 0 Å². The molecular weight excluding hydrogens is 114 g/mol. The van der Waals surface area contributed by atoms with Crippen LogP contribution in [0.4, 0.5) is 0 Å². The first kappa shape index (κ1) is 5.06. The van der Waals surface area contributed by atoms with Crippen LogP contribution < -0.4 is 0 Å². The third-order valence-electron chi connectivity index (χ3n) is 1.67. The van der Waals surface area contributed by atoms with E-state index in [4.69, 9.17) is 4.74 Å². The third kappa shape index (κ3) is 0.754. The Bertz CT molecular complexity index is 177. The van der Waals surface area contributed by atoms with Crippen LogP contribution in [0, 0.1) is 0 Å². The molecule has 2 nitrogen and oxygen atoms in total. The smallest absolute Gasteiger partial charge is 0.0797 e. The van der Waals surface area contributed by atoms with Crippen LogP contribution >= 0.6 is 0 Å². The van der Waals surface area contributed by atoms with Gasteiger partial charge in [0.2, 0.25) is 0 Å². The molecule has 0 aromatic carbocycles. The summed E-state index contributed by atoms with van der Waals surface area (Å²) in [5.74, 6) is 0. The molecule has 0 amide bonds. The van der Waals surface area contributed by atoms with Crippen molar-refractivity contribution >= 4 is 0 Å². The summed E-state index contributed by atoms with van der Waals surface area (Å²) in [6.07, 6.45) is 4.15. The van der Waals surface area contributed by atoms with Crippen molar-refractivity contribution in [3.8, 4) is 0 Å². The Morgan fingerprint density at radius 1 is 1.22 bits per heavy atom. The summed E-state index contributed by atoms with van der Waals surface area (Å²) in [7, 11) is 0. The fraction of sp³-hybridized carbons (Fsp3) is 0.429. The molecule has 0 N–H and O–H groups in total. The largest absolute Gasteiger partial charge is 0.377 e. The average molecular weight is 123 g/mol. The van der Waals surface area contributed by atoms with E-state index in [1.54, 1.807) is 0 Å². The van der Waals surface area contributed by atoms with Crippen LogP contribution in [0.5, 0.6) is 0 Å². The third-order valence-corrected chi connectivity index (χ3v) is 1.67. The molecule has 0 aliphatic carbocycles. The highest BCUT2D eigenvalue weighted by atomic mass is 16.5. The van der Waals surface area contributed by atoms with Crippen LogP contribution in [0.1, 0.15) is 6.04 Å². The van der Waals surface area contributed by atoms with Crippen LogP contribution in [0.15, 0.2) is 24.5 Å². The van der Waals surface area contributed by atoms with Gasteiger partial charge in [-0.2, -0.15) is 0 Å². The van der Waals surface area contributed by atoms with E-state index in [9.17, 15) is 0 Å². The Labute approximate surface area is 54.1 Å². The predicted molar refractivity (Wildman–Crippen MR) is 34.3 cm³/mol. The number of hydrogen-bond donors (Lipinski definition) is 0. The summed E-state index contributed by atoms with van der Waals surface area (Å²) in [6.45, 7) is 1.77. The van der Waals surface area contributed by atoms with Gasteiger partial charge in [0.05, 0.1) is 19.3 Å². The molecule has 0 saturated carbocycles. The molecule has 0 atom stereocenters. The van der Waals surface area contributed by atoms with Crippen molar-refractivity contribution in [3.05, 3.63) is 24.5 Å². The zero-order chi connectivity index (χ0) is 6.10. The molecule has 0 bridgehead atoms. The van der Waals surface area contributed by atoms with Gasteiger partial charge in [0.25, 0.3) is 0 Å². The SMILES string of the molecule is c1ccn(C2COC2)c1. The topological polar surface area (TPSA) is 14.2 Å². The van der Waals surface area contributed by atoms with Gasteiger partial charge in [-0.15, -0.1) is 0 Å². The summed E-state index contributed by atoms with van der Waals surface area (Å²) >= 11 is 0. The summed E-state index contributed by atoms with van der Waals surface area (Å²) < 4.78 is 7.22. The summed E-state index contributed by atoms with van der Waals surface area (Å²) in [4.78, 5) is 0. The second-order valence-electron chi connectivity index (χ2n) is 2.32. The van der Waals surface area contributed by atoms with Crippen molar-refractivity contribution in [2.75, 3.05) is 13.2 Å². The molecule has 2 rings (SSSR count). The highest BCUT2D eigenvalue weighted by molar-refractivity contribution is 4.94. The minimum absolute atomic E-state index is 0.611. The first-order chi connectivity index (χ1) is 4.47. The van der Waals surface area contributed by atoms with E-state index in [1.807, 2.05) is 12.1 Å². The fourth-order valence-electron chi connectivity index (χ4n) is 0.987. The normalized spacial score (nSPS) is 19.6. The minimum atomic E-state index is 0.611. The van der Waals surface area contributed by atoms with Crippen molar-refractivity contribution < 1.29 is 4.74 Å². The van der Waals surface area contributed by atoms with Gasteiger partial charge in [0.1, 0.15) is 0 Å². The summed E-state index contributed by atoms with van der Waals surface area (Å²) in [6, 6.07) is 4.69. The fourth-order valence-corrected chi connectivity index (χ4v) is 0.987. The van der Waals surface area contributed by atoms with Crippen LogP contribution in [0.25, 0.3) is 0 Å². The first-order valence-corrected chi connectivity index (χ1v) is 3.17. The Kier molecular flexibility index (Phi) is 1.06. The molecule has 1 aliphatic heterocycles. The van der Waals surface area contributed by atoms with Crippen molar-refractivity contribution in [2.24, 2.45) is 0 Å². The lowest BCUT2D eigenvalue weighted by atomic mass is 10.2. The number of aromatic nitrogens is 1. The zero-order valence-corrected chi connectivity index (χ0v) is 5.16. The number of ether oxygens (including phenoxy) is 1. The predicted octanol–water partition coefficient (Wildman–Crippen LogP) is 1.06. The molecule has 1 aliphatic rings. The highest BCUT2D eigenvalue weighted by Gasteiger charge is 2.18. The van der Waals surface area contributed by atoms with Crippen LogP contribution in [-0.2, 0) is 4.74 Å². The maximum Gasteiger partial charge on any atom is 0.0797 e. The zero-order valence-electron chi connectivity index (χ0n) is 5.16. The number of nitrogens with zero attached hydrogens (tertiary/aromatic N) is 1. The summed E-state index contributed by atoms with van der Waals surface area (Å²) in [5.41, 5.74) is 0. The Morgan fingerprint density at radius 3 is 2.33 bits per heavy atom. The van der Waals surface area contributed by atoms with E-state index in [-0.39, 0.29) is 0 Å². The van der Waals surface area contributed by atoms with Crippen molar-refractivity contribution in [3.63, 3.8) is 0 Å².